The van der Waals surface area contributed by atoms with E-state index in [0.717, 1.165) is 18.7 Å². The van der Waals surface area contributed by atoms with Gasteiger partial charge in [-0.2, -0.15) is 0 Å². The van der Waals surface area contributed by atoms with Crippen LogP contribution in [0.3, 0.4) is 0 Å². The van der Waals surface area contributed by atoms with E-state index in [1.54, 1.807) is 14.1 Å². The average molecular weight is 460 g/mol. The molecule has 0 aromatic carbocycles. The Kier molecular flexibility index (Phi) is 12.5. The Morgan fingerprint density at radius 2 is 1.72 bits per heavy atom. The van der Waals surface area contributed by atoms with Crippen molar-refractivity contribution in [1.82, 2.24) is 20.4 Å². The van der Waals surface area contributed by atoms with Gasteiger partial charge >= 0.3 is 29.1 Å². The number of hydrogen-bond acceptors (Lipinski definition) is 8. The van der Waals surface area contributed by atoms with Crippen molar-refractivity contribution in [2.24, 2.45) is 0 Å². The Labute approximate surface area is 179 Å². The Bertz CT molecular complexity index is 758. The van der Waals surface area contributed by atoms with E-state index in [1.807, 2.05) is 18.2 Å². The molecule has 13 heteroatoms. The zero-order valence-corrected chi connectivity index (χ0v) is 17.2. The quantitative estimate of drug-likeness (QED) is 0.502. The molecule has 165 valence electrons. The van der Waals surface area contributed by atoms with Crippen LogP contribution in [-0.2, 0) is 28.0 Å². The van der Waals surface area contributed by atoms with Crippen LogP contribution in [0.2, 0.25) is 0 Å². The maximum atomic E-state index is 5.35. The first-order valence-electron chi connectivity index (χ1n) is 8.54. The summed E-state index contributed by atoms with van der Waals surface area (Å²) in [6, 6.07) is 1.000. The summed E-state index contributed by atoms with van der Waals surface area (Å²) in [5.41, 5.74) is 0.733. The van der Waals surface area contributed by atoms with Crippen LogP contribution < -0.4 is 10.6 Å². The molecule has 1 fully saturated rings. The van der Waals surface area contributed by atoms with Gasteiger partial charge in [-0.3, -0.25) is 0 Å². The molecule has 1 unspecified atom stereocenters. The summed E-state index contributed by atoms with van der Waals surface area (Å²) in [7, 11) is 3.49. The average Bonchev–Trinajstić information content (AvgIpc) is 3.39. The van der Waals surface area contributed by atoms with Crippen LogP contribution in [0.1, 0.15) is 37.1 Å². The van der Waals surface area contributed by atoms with E-state index >= 15 is 0 Å². The second-order valence-electron chi connectivity index (χ2n) is 5.60. The van der Waals surface area contributed by atoms with E-state index in [4.69, 9.17) is 8.83 Å². The third kappa shape index (κ3) is 7.48. The fraction of sp³-hybridized carbons (Fsp3) is 0.500. The van der Waals surface area contributed by atoms with Gasteiger partial charge in [0.15, 0.2) is 0 Å². The van der Waals surface area contributed by atoms with Gasteiger partial charge in [0.05, 0.1) is 0 Å². The number of piperidine rings is 1. The molecule has 8 N–H and O–H groups in total. The molecule has 12 nitrogen and oxygen atoms in total. The Hall–Kier alpha value is -2.44. The van der Waals surface area contributed by atoms with Gasteiger partial charge in [-0.25, -0.2) is 0 Å². The largest absolute Gasteiger partial charge is 2.00 e. The summed E-state index contributed by atoms with van der Waals surface area (Å²) in [5.74, 6) is 1.10. The SMILES string of the molecule is CNc1nnc(C2=CC=CC[N-]2)o1.CNc1nnc(C2CCCC[N-]2)o1.[Cu+2].[OH3+].[OH3+]. The van der Waals surface area contributed by atoms with Crippen LogP contribution in [0, 0.1) is 0 Å². The minimum Gasteiger partial charge on any atom is -0.677 e. The number of rotatable bonds is 4. The maximum absolute atomic E-state index is 5.35. The van der Waals surface area contributed by atoms with Gasteiger partial charge in [0.1, 0.15) is 0 Å². The molecule has 1 saturated heterocycles. The fourth-order valence-electron chi connectivity index (χ4n) is 2.45. The molecular weight excluding hydrogens is 432 g/mol. The molecule has 2 aliphatic rings. The van der Waals surface area contributed by atoms with Crippen LogP contribution >= 0.6 is 0 Å². The summed E-state index contributed by atoms with van der Waals surface area (Å²) in [4.78, 5) is 0. The molecule has 0 aliphatic carbocycles. The summed E-state index contributed by atoms with van der Waals surface area (Å²) < 4.78 is 10.6. The summed E-state index contributed by atoms with van der Waals surface area (Å²) in [6.07, 6.45) is 9.14. The second-order valence-corrected chi connectivity index (χ2v) is 5.60. The zero-order chi connectivity index (χ0) is 18.2. The monoisotopic (exact) mass is 459 g/mol. The van der Waals surface area contributed by atoms with Crippen molar-refractivity contribution in [3.05, 3.63) is 40.6 Å². The molecule has 4 rings (SSSR count). The van der Waals surface area contributed by atoms with Crippen LogP contribution in [0.15, 0.2) is 27.1 Å². The van der Waals surface area contributed by atoms with E-state index < -0.39 is 0 Å². The standard InChI is InChI=1S/C8H13N4O.C8H9N4O.Cu.2H2O/c2*1-9-8-12-11-7(13-8)6-4-2-3-5-10-6;;;/h6H,2-5H2,1H3,(H,9,12);2-4H,5H2,1H3,(H,9,12);;2*1H2/q2*-1;+2;;/p+2. The minimum absolute atomic E-state index is 0. The van der Waals surface area contributed by atoms with E-state index in [-0.39, 0.29) is 34.1 Å². The van der Waals surface area contributed by atoms with Gasteiger partial charge in [-0.15, -0.1) is 29.4 Å². The van der Waals surface area contributed by atoms with Crippen molar-refractivity contribution < 1.29 is 36.9 Å². The first-order valence-corrected chi connectivity index (χ1v) is 8.54. The van der Waals surface area contributed by atoms with Crippen molar-refractivity contribution in [2.75, 3.05) is 37.8 Å². The minimum atomic E-state index is 0. The van der Waals surface area contributed by atoms with Gasteiger partial charge in [0.25, 0.3) is 0 Å². The molecule has 0 bridgehead atoms. The van der Waals surface area contributed by atoms with Gasteiger partial charge in [0.2, 0.25) is 11.8 Å². The number of nitrogens with one attached hydrogen (secondary N) is 2. The number of nitrogens with zero attached hydrogens (tertiary/aromatic N) is 6. The van der Waals surface area contributed by atoms with Crippen LogP contribution in [-0.4, -0.2) is 47.6 Å². The van der Waals surface area contributed by atoms with Crippen LogP contribution in [0.4, 0.5) is 12.0 Å². The van der Waals surface area contributed by atoms with Crippen LogP contribution in [0.25, 0.3) is 16.3 Å². The van der Waals surface area contributed by atoms with E-state index in [9.17, 15) is 0 Å². The normalized spacial score (nSPS) is 17.0. The Morgan fingerprint density at radius 1 is 1.00 bits per heavy atom. The predicted molar refractivity (Wildman–Crippen MR) is 108 cm³/mol. The number of hydrogen-bond donors (Lipinski definition) is 2. The third-order valence-corrected chi connectivity index (χ3v) is 3.79. The molecule has 4 heterocycles. The first kappa shape index (κ1) is 26.6. The van der Waals surface area contributed by atoms with Gasteiger partial charge in [0, 0.05) is 14.1 Å². The van der Waals surface area contributed by atoms with Crippen molar-refractivity contribution >= 4 is 17.7 Å². The molecule has 2 aromatic heterocycles. The number of aromatic nitrogens is 4. The van der Waals surface area contributed by atoms with Crippen molar-refractivity contribution in [3.8, 4) is 0 Å². The van der Waals surface area contributed by atoms with E-state index in [1.165, 1.54) is 12.8 Å². The summed E-state index contributed by atoms with van der Waals surface area (Å²) in [5, 5.41) is 29.5. The topological polar surface area (TPSA) is 196 Å². The van der Waals surface area contributed by atoms with Crippen LogP contribution in [0.5, 0.6) is 0 Å². The zero-order valence-electron chi connectivity index (χ0n) is 16.3. The molecule has 1 atom stereocenters. The molecule has 0 amide bonds. The van der Waals surface area contributed by atoms with E-state index in [0.29, 0.717) is 30.4 Å². The van der Waals surface area contributed by atoms with E-state index in [2.05, 4.69) is 41.7 Å². The Balaban J connectivity index is 0.000000490. The predicted octanol–water partition coefficient (Wildman–Crippen LogP) is 1.26. The third-order valence-electron chi connectivity index (χ3n) is 3.79. The molecular formula is C16H28CuN8O4+2. The van der Waals surface area contributed by atoms with Crippen molar-refractivity contribution in [1.29, 1.82) is 0 Å². The molecule has 0 saturated carbocycles. The molecule has 2 aromatic rings. The fourth-order valence-corrected chi connectivity index (χ4v) is 2.45. The van der Waals surface area contributed by atoms with Gasteiger partial charge in [-0.05, 0) is 0 Å². The summed E-state index contributed by atoms with van der Waals surface area (Å²) in [6.45, 7) is 1.59. The van der Waals surface area contributed by atoms with Crippen molar-refractivity contribution in [2.45, 2.75) is 25.3 Å². The first-order chi connectivity index (χ1) is 12.8. The smallest absolute Gasteiger partial charge is 0.677 e. The van der Waals surface area contributed by atoms with Crippen molar-refractivity contribution in [3.63, 3.8) is 0 Å². The van der Waals surface area contributed by atoms with Gasteiger partial charge in [-0.1, -0.05) is 53.4 Å². The molecule has 0 spiro atoms. The molecule has 2 aliphatic heterocycles. The Morgan fingerprint density at radius 3 is 2.28 bits per heavy atom. The molecule has 1 radical (unpaired) electrons. The summed E-state index contributed by atoms with van der Waals surface area (Å²) >= 11 is 0. The second kappa shape index (κ2) is 13.7. The number of allylic oxidation sites excluding steroid dienone is 2. The number of anilines is 2. The molecule has 29 heavy (non-hydrogen) atoms. The van der Waals surface area contributed by atoms with Gasteiger partial charge < -0.3 is 41.1 Å². The maximum Gasteiger partial charge on any atom is 2.00 e.